The Labute approximate surface area is 207 Å². The first-order valence-corrected chi connectivity index (χ1v) is 12.7. The van der Waals surface area contributed by atoms with E-state index in [9.17, 15) is 19.5 Å². The molecular formula is C25H29N5O4S. The van der Waals surface area contributed by atoms with Crippen molar-refractivity contribution in [3.8, 4) is 10.4 Å². The summed E-state index contributed by atoms with van der Waals surface area (Å²) in [7, 11) is 0. The fourth-order valence-electron chi connectivity index (χ4n) is 5.35. The summed E-state index contributed by atoms with van der Waals surface area (Å²) in [5.41, 5.74) is 3.50. The van der Waals surface area contributed by atoms with Gasteiger partial charge < -0.3 is 20.2 Å². The number of thiazole rings is 1. The van der Waals surface area contributed by atoms with Crippen LogP contribution >= 0.6 is 11.3 Å². The number of hydrogen-bond donors (Lipinski definition) is 2. The molecule has 0 saturated carbocycles. The lowest BCUT2D eigenvalue weighted by molar-refractivity contribution is -0.142. The molecule has 4 unspecified atom stereocenters. The predicted octanol–water partition coefficient (Wildman–Crippen LogP) is 1.83. The van der Waals surface area contributed by atoms with Gasteiger partial charge in [0.2, 0.25) is 11.8 Å². The van der Waals surface area contributed by atoms with Gasteiger partial charge in [0.25, 0.3) is 5.91 Å². The van der Waals surface area contributed by atoms with Crippen LogP contribution in [-0.4, -0.2) is 74.7 Å². The first-order valence-electron chi connectivity index (χ1n) is 11.9. The number of benzene rings is 1. The molecule has 10 heteroatoms. The maximum Gasteiger partial charge on any atom is 0.277 e. The molecule has 2 fully saturated rings. The second-order valence-electron chi connectivity index (χ2n) is 9.66. The number of carbonyl (C=O) groups is 3. The van der Waals surface area contributed by atoms with Crippen LogP contribution in [0.1, 0.15) is 44.4 Å². The van der Waals surface area contributed by atoms with E-state index >= 15 is 0 Å². The predicted molar refractivity (Wildman–Crippen MR) is 132 cm³/mol. The molecule has 35 heavy (non-hydrogen) atoms. The number of carbonyl (C=O) groups excluding carboxylic acids is 3. The van der Waals surface area contributed by atoms with Gasteiger partial charge in [0, 0.05) is 26.4 Å². The summed E-state index contributed by atoms with van der Waals surface area (Å²) in [4.78, 5) is 51.4. The van der Waals surface area contributed by atoms with Gasteiger partial charge in [-0.15, -0.1) is 11.3 Å². The van der Waals surface area contributed by atoms with Crippen molar-refractivity contribution in [3.05, 3.63) is 41.0 Å². The fraction of sp³-hybridized carbons (Fsp3) is 0.480. The van der Waals surface area contributed by atoms with Crippen molar-refractivity contribution in [3.63, 3.8) is 0 Å². The largest absolute Gasteiger partial charge is 0.391 e. The third-order valence-corrected chi connectivity index (χ3v) is 8.30. The number of aliphatic hydroxyl groups is 1. The Morgan fingerprint density at radius 2 is 1.97 bits per heavy atom. The maximum atomic E-state index is 13.4. The molecule has 0 aliphatic carbocycles. The monoisotopic (exact) mass is 495 g/mol. The van der Waals surface area contributed by atoms with Crippen molar-refractivity contribution in [1.82, 2.24) is 20.1 Å². The first-order chi connectivity index (χ1) is 16.7. The quantitative estimate of drug-likeness (QED) is 0.669. The summed E-state index contributed by atoms with van der Waals surface area (Å²) >= 11 is 1.57. The van der Waals surface area contributed by atoms with Crippen LogP contribution in [0.25, 0.3) is 10.4 Å². The average Bonchev–Trinajstić information content (AvgIpc) is 3.61. The third-order valence-electron chi connectivity index (χ3n) is 7.32. The Kier molecular flexibility index (Phi) is 5.96. The van der Waals surface area contributed by atoms with Crippen molar-refractivity contribution in [2.45, 2.75) is 63.8 Å². The lowest BCUT2D eigenvalue weighted by Gasteiger charge is -2.32. The molecule has 4 heterocycles. The highest BCUT2D eigenvalue weighted by Gasteiger charge is 2.48. The van der Waals surface area contributed by atoms with E-state index in [4.69, 9.17) is 0 Å². The minimum Gasteiger partial charge on any atom is -0.391 e. The number of nitrogens with one attached hydrogen (secondary N) is 1. The van der Waals surface area contributed by atoms with E-state index < -0.39 is 23.7 Å². The van der Waals surface area contributed by atoms with Gasteiger partial charge >= 0.3 is 0 Å². The number of nitrogens with zero attached hydrogens (tertiary/aromatic N) is 4. The van der Waals surface area contributed by atoms with Crippen LogP contribution in [0.15, 0.2) is 34.8 Å². The number of aromatic nitrogens is 1. The zero-order valence-corrected chi connectivity index (χ0v) is 20.8. The molecule has 3 amide bonds. The van der Waals surface area contributed by atoms with E-state index in [1.54, 1.807) is 28.1 Å². The molecule has 3 aliphatic rings. The summed E-state index contributed by atoms with van der Waals surface area (Å²) in [6, 6.07) is 6.68. The second kappa shape index (κ2) is 8.83. The van der Waals surface area contributed by atoms with E-state index in [1.165, 1.54) is 6.92 Å². The topological polar surface area (TPSA) is 115 Å². The van der Waals surface area contributed by atoms with Crippen LogP contribution in [-0.2, 0) is 19.9 Å². The fourth-order valence-corrected chi connectivity index (χ4v) is 6.17. The van der Waals surface area contributed by atoms with Crippen molar-refractivity contribution in [2.75, 3.05) is 13.1 Å². The van der Waals surface area contributed by atoms with Gasteiger partial charge in [0.05, 0.1) is 28.2 Å². The minimum absolute atomic E-state index is 0.131. The van der Waals surface area contributed by atoms with E-state index in [0.717, 1.165) is 28.1 Å². The van der Waals surface area contributed by atoms with Gasteiger partial charge in [-0.25, -0.2) is 4.98 Å². The minimum atomic E-state index is -1.07. The summed E-state index contributed by atoms with van der Waals surface area (Å²) in [5.74, 6) is -0.284. The molecule has 2 aromatic rings. The SMILES string of the molecule is CC(=O)N1CCCC1C(=O)N1CC(O)CC1C1=NC(=O)C(C)(c2ccc(-c3scnc3C)cc2)N1. The molecule has 184 valence electrons. The molecular weight excluding hydrogens is 466 g/mol. The van der Waals surface area contributed by atoms with E-state index in [1.807, 2.05) is 36.7 Å². The van der Waals surface area contributed by atoms with Crippen LogP contribution in [0, 0.1) is 6.92 Å². The number of rotatable bonds is 4. The van der Waals surface area contributed by atoms with Crippen molar-refractivity contribution < 1.29 is 19.5 Å². The van der Waals surface area contributed by atoms with E-state index in [2.05, 4.69) is 15.3 Å². The lowest BCUT2D eigenvalue weighted by atomic mass is 9.91. The van der Waals surface area contributed by atoms with Gasteiger partial charge in [-0.1, -0.05) is 24.3 Å². The number of likely N-dealkylation sites (tertiary alicyclic amines) is 2. The zero-order valence-electron chi connectivity index (χ0n) is 20.0. The molecule has 3 aliphatic heterocycles. The summed E-state index contributed by atoms with van der Waals surface area (Å²) in [6.07, 6.45) is 0.936. The molecule has 1 aromatic heterocycles. The van der Waals surface area contributed by atoms with Crippen LogP contribution in [0.3, 0.4) is 0 Å². The Morgan fingerprint density at radius 3 is 2.63 bits per heavy atom. The highest BCUT2D eigenvalue weighted by molar-refractivity contribution is 7.13. The number of β-amino-alcohol motifs (C(OH)–C–C–N with tert-alkyl or cyclic N) is 1. The highest BCUT2D eigenvalue weighted by Crippen LogP contribution is 2.34. The van der Waals surface area contributed by atoms with Crippen LogP contribution in [0.4, 0.5) is 0 Å². The molecule has 0 bridgehead atoms. The first kappa shape index (κ1) is 23.6. The third kappa shape index (κ3) is 4.04. The molecule has 1 aromatic carbocycles. The van der Waals surface area contributed by atoms with Crippen LogP contribution < -0.4 is 5.32 Å². The number of aryl methyl sites for hydroxylation is 1. The van der Waals surface area contributed by atoms with Crippen molar-refractivity contribution >= 4 is 34.9 Å². The molecule has 0 radical (unpaired) electrons. The standard InChI is InChI=1S/C25H29N5O4S/c1-14-21(35-13-26-14)16-6-8-17(9-7-16)25(3)24(34)27-22(28-25)20-11-18(32)12-30(20)23(33)19-5-4-10-29(19)15(2)31/h6-9,13,18-20,32H,4-5,10-12H2,1-3H3,(H,27,28,34). The molecule has 2 N–H and O–H groups in total. The van der Waals surface area contributed by atoms with Gasteiger partial charge in [0.15, 0.2) is 0 Å². The number of aliphatic hydroxyl groups excluding tert-OH is 1. The smallest absolute Gasteiger partial charge is 0.277 e. The lowest BCUT2D eigenvalue weighted by Crippen LogP contribution is -2.54. The van der Waals surface area contributed by atoms with E-state index in [-0.39, 0.29) is 30.7 Å². The van der Waals surface area contributed by atoms with Gasteiger partial charge in [-0.2, -0.15) is 4.99 Å². The molecule has 5 rings (SSSR count). The molecule has 2 saturated heterocycles. The van der Waals surface area contributed by atoms with E-state index in [0.29, 0.717) is 18.8 Å². The van der Waals surface area contributed by atoms with Crippen LogP contribution in [0.5, 0.6) is 0 Å². The van der Waals surface area contributed by atoms with Crippen LogP contribution in [0.2, 0.25) is 0 Å². The van der Waals surface area contributed by atoms with Gasteiger partial charge in [-0.3, -0.25) is 14.4 Å². The summed E-state index contributed by atoms with van der Waals surface area (Å²) < 4.78 is 0. The van der Waals surface area contributed by atoms with Gasteiger partial charge in [-0.05, 0) is 37.8 Å². The summed E-state index contributed by atoms with van der Waals surface area (Å²) in [6.45, 7) is 5.92. The van der Waals surface area contributed by atoms with Crippen molar-refractivity contribution in [2.24, 2.45) is 4.99 Å². The molecule has 0 spiro atoms. The number of amidine groups is 1. The van der Waals surface area contributed by atoms with Crippen molar-refractivity contribution in [1.29, 1.82) is 0 Å². The second-order valence-corrected chi connectivity index (χ2v) is 10.5. The molecule has 4 atom stereocenters. The Hall–Kier alpha value is -3.11. The highest BCUT2D eigenvalue weighted by atomic mass is 32.1. The molecule has 9 nitrogen and oxygen atoms in total. The average molecular weight is 496 g/mol. The Bertz CT molecular complexity index is 1210. The zero-order chi connectivity index (χ0) is 24.9. The number of aliphatic imine (C=N–C) groups is 1. The summed E-state index contributed by atoms with van der Waals surface area (Å²) in [5, 5.41) is 13.7. The number of amides is 3. The Balaban J connectivity index is 1.37. The maximum absolute atomic E-state index is 13.4. The Morgan fingerprint density at radius 1 is 1.23 bits per heavy atom. The number of hydrogen-bond acceptors (Lipinski definition) is 7. The van der Waals surface area contributed by atoms with Gasteiger partial charge in [0.1, 0.15) is 17.4 Å². The normalized spacial score (nSPS) is 28.4.